The van der Waals surface area contributed by atoms with Gasteiger partial charge in [-0.1, -0.05) is 12.1 Å². The number of amides is 1. The number of carbonyl (C=O) groups is 1. The molecule has 1 saturated heterocycles. The zero-order chi connectivity index (χ0) is 18.0. The van der Waals surface area contributed by atoms with Gasteiger partial charge in [0.05, 0.1) is 12.6 Å². The molecule has 1 aliphatic heterocycles. The molecule has 0 N–H and O–H groups in total. The summed E-state index contributed by atoms with van der Waals surface area (Å²) in [5, 5.41) is 4.46. The summed E-state index contributed by atoms with van der Waals surface area (Å²) in [6.07, 6.45) is 2.01. The monoisotopic (exact) mass is 343 g/mol. The Balaban J connectivity index is 1.86. The normalized spacial score (nSPS) is 17.1. The Hall–Kier alpha value is -2.41. The van der Waals surface area contributed by atoms with E-state index in [0.717, 1.165) is 30.9 Å². The van der Waals surface area contributed by atoms with Crippen LogP contribution in [-0.2, 0) is 11.8 Å². The summed E-state index contributed by atoms with van der Waals surface area (Å²) in [6.45, 7) is 1.36. The van der Waals surface area contributed by atoms with Crippen LogP contribution in [0.1, 0.15) is 23.2 Å². The molecule has 7 heteroatoms. The lowest BCUT2D eigenvalue weighted by atomic mass is 10.1. The van der Waals surface area contributed by atoms with Gasteiger partial charge in [0.15, 0.2) is 5.82 Å². The summed E-state index contributed by atoms with van der Waals surface area (Å²) in [6, 6.07) is 7.70. The smallest absolute Gasteiger partial charge is 0.254 e. The second-order valence-corrected chi connectivity index (χ2v) is 6.58. The SMILES string of the molecule is COCC1CCCN1C(=O)c1cccc(-c2nc(N(C)C)n(C)n2)c1. The molecule has 2 aromatic rings. The molecule has 1 amide bonds. The van der Waals surface area contributed by atoms with Gasteiger partial charge >= 0.3 is 0 Å². The van der Waals surface area contributed by atoms with E-state index in [1.54, 1.807) is 11.8 Å². The molecule has 1 atom stereocenters. The molecule has 0 bridgehead atoms. The van der Waals surface area contributed by atoms with E-state index in [2.05, 4.69) is 10.1 Å². The fourth-order valence-corrected chi connectivity index (χ4v) is 3.31. The van der Waals surface area contributed by atoms with Gasteiger partial charge in [-0.3, -0.25) is 4.79 Å². The fourth-order valence-electron chi connectivity index (χ4n) is 3.31. The van der Waals surface area contributed by atoms with Crippen LogP contribution in [0.5, 0.6) is 0 Å². The molecular weight excluding hydrogens is 318 g/mol. The van der Waals surface area contributed by atoms with Crippen molar-refractivity contribution < 1.29 is 9.53 Å². The van der Waals surface area contributed by atoms with Crippen molar-refractivity contribution in [3.05, 3.63) is 29.8 Å². The van der Waals surface area contributed by atoms with Crippen LogP contribution in [0.25, 0.3) is 11.4 Å². The zero-order valence-electron chi connectivity index (χ0n) is 15.3. The number of methoxy groups -OCH3 is 1. The van der Waals surface area contributed by atoms with Crippen LogP contribution in [0, 0.1) is 0 Å². The Labute approximate surface area is 148 Å². The van der Waals surface area contributed by atoms with E-state index in [-0.39, 0.29) is 11.9 Å². The Morgan fingerprint density at radius 1 is 1.40 bits per heavy atom. The number of hydrogen-bond donors (Lipinski definition) is 0. The minimum atomic E-state index is 0.0464. The third kappa shape index (κ3) is 3.51. The standard InChI is InChI=1S/C18H25N5O2/c1-21(2)18-19-16(20-22(18)3)13-7-5-8-14(11-13)17(24)23-10-6-9-15(23)12-25-4/h5,7-8,11,15H,6,9-10,12H2,1-4H3. The zero-order valence-corrected chi connectivity index (χ0v) is 15.3. The highest BCUT2D eigenvalue weighted by Crippen LogP contribution is 2.24. The van der Waals surface area contributed by atoms with Crippen molar-refractivity contribution in [1.29, 1.82) is 0 Å². The van der Waals surface area contributed by atoms with Crippen LogP contribution in [0.4, 0.5) is 5.95 Å². The van der Waals surface area contributed by atoms with E-state index in [4.69, 9.17) is 4.74 Å². The van der Waals surface area contributed by atoms with E-state index in [9.17, 15) is 4.79 Å². The van der Waals surface area contributed by atoms with Crippen LogP contribution < -0.4 is 4.90 Å². The van der Waals surface area contributed by atoms with Crippen LogP contribution >= 0.6 is 0 Å². The number of likely N-dealkylation sites (tertiary alicyclic amines) is 1. The van der Waals surface area contributed by atoms with Gasteiger partial charge in [-0.2, -0.15) is 4.98 Å². The molecule has 1 aromatic heterocycles. The number of rotatable bonds is 5. The maximum Gasteiger partial charge on any atom is 0.254 e. The van der Waals surface area contributed by atoms with Crippen LogP contribution in [0.3, 0.4) is 0 Å². The summed E-state index contributed by atoms with van der Waals surface area (Å²) >= 11 is 0. The van der Waals surface area contributed by atoms with Crippen molar-refractivity contribution in [2.45, 2.75) is 18.9 Å². The Kier molecular flexibility index (Phi) is 5.03. The molecule has 0 aliphatic carbocycles. The third-order valence-electron chi connectivity index (χ3n) is 4.50. The predicted molar refractivity (Wildman–Crippen MR) is 96.7 cm³/mol. The molecule has 1 fully saturated rings. The van der Waals surface area contributed by atoms with Gasteiger partial charge in [-0.05, 0) is 25.0 Å². The highest BCUT2D eigenvalue weighted by molar-refractivity contribution is 5.95. The van der Waals surface area contributed by atoms with Crippen molar-refractivity contribution in [3.8, 4) is 11.4 Å². The Morgan fingerprint density at radius 2 is 2.20 bits per heavy atom. The van der Waals surface area contributed by atoms with Crippen molar-refractivity contribution >= 4 is 11.9 Å². The van der Waals surface area contributed by atoms with Crippen LogP contribution in [0.2, 0.25) is 0 Å². The molecule has 0 saturated carbocycles. The highest BCUT2D eigenvalue weighted by atomic mass is 16.5. The van der Waals surface area contributed by atoms with E-state index in [1.807, 2.05) is 55.2 Å². The van der Waals surface area contributed by atoms with Gasteiger partial charge in [0.2, 0.25) is 5.95 Å². The van der Waals surface area contributed by atoms with Crippen molar-refractivity contribution in [2.75, 3.05) is 39.3 Å². The number of aryl methyl sites for hydroxylation is 1. The van der Waals surface area contributed by atoms with Gasteiger partial charge in [-0.25, -0.2) is 4.68 Å². The minimum Gasteiger partial charge on any atom is -0.383 e. The summed E-state index contributed by atoms with van der Waals surface area (Å²) in [7, 11) is 7.39. The summed E-state index contributed by atoms with van der Waals surface area (Å²) < 4.78 is 6.99. The summed E-state index contributed by atoms with van der Waals surface area (Å²) in [5.74, 6) is 1.44. The number of carbonyl (C=O) groups excluding carboxylic acids is 1. The van der Waals surface area contributed by atoms with Gasteiger partial charge in [0, 0.05) is 45.9 Å². The maximum absolute atomic E-state index is 12.9. The van der Waals surface area contributed by atoms with Gasteiger partial charge in [0.25, 0.3) is 5.91 Å². The first-order chi connectivity index (χ1) is 12.0. The molecule has 7 nitrogen and oxygen atoms in total. The maximum atomic E-state index is 12.9. The lowest BCUT2D eigenvalue weighted by Crippen LogP contribution is -2.38. The number of hydrogen-bond acceptors (Lipinski definition) is 5. The second kappa shape index (κ2) is 7.23. The summed E-state index contributed by atoms with van der Waals surface area (Å²) in [4.78, 5) is 21.3. The molecule has 2 heterocycles. The summed E-state index contributed by atoms with van der Waals surface area (Å²) in [5.41, 5.74) is 1.51. The number of ether oxygens (including phenoxy) is 1. The second-order valence-electron chi connectivity index (χ2n) is 6.58. The lowest BCUT2D eigenvalue weighted by Gasteiger charge is -2.24. The minimum absolute atomic E-state index is 0.0464. The number of nitrogens with zero attached hydrogens (tertiary/aromatic N) is 5. The average molecular weight is 343 g/mol. The predicted octanol–water partition coefficient (Wildman–Crippen LogP) is 1.80. The number of anilines is 1. The van der Waals surface area contributed by atoms with Crippen molar-refractivity contribution in [2.24, 2.45) is 7.05 Å². The molecule has 1 aliphatic rings. The van der Waals surface area contributed by atoms with E-state index < -0.39 is 0 Å². The number of aromatic nitrogens is 3. The molecule has 0 spiro atoms. The molecular formula is C18H25N5O2. The van der Waals surface area contributed by atoms with Crippen molar-refractivity contribution in [1.82, 2.24) is 19.7 Å². The van der Waals surface area contributed by atoms with E-state index >= 15 is 0 Å². The van der Waals surface area contributed by atoms with E-state index in [1.165, 1.54) is 0 Å². The largest absolute Gasteiger partial charge is 0.383 e. The third-order valence-corrected chi connectivity index (χ3v) is 4.50. The molecule has 0 radical (unpaired) electrons. The first-order valence-corrected chi connectivity index (χ1v) is 8.50. The van der Waals surface area contributed by atoms with Crippen LogP contribution in [0.15, 0.2) is 24.3 Å². The topological polar surface area (TPSA) is 63.5 Å². The first kappa shape index (κ1) is 17.4. The fraction of sp³-hybridized carbons (Fsp3) is 0.500. The first-order valence-electron chi connectivity index (χ1n) is 8.50. The average Bonchev–Trinajstić information content (AvgIpc) is 3.21. The molecule has 3 rings (SSSR count). The lowest BCUT2D eigenvalue weighted by molar-refractivity contribution is 0.0630. The molecule has 1 unspecified atom stereocenters. The molecule has 1 aromatic carbocycles. The van der Waals surface area contributed by atoms with Gasteiger partial charge < -0.3 is 14.5 Å². The Morgan fingerprint density at radius 3 is 2.88 bits per heavy atom. The van der Waals surface area contributed by atoms with E-state index in [0.29, 0.717) is 18.0 Å². The van der Waals surface area contributed by atoms with Crippen molar-refractivity contribution in [3.63, 3.8) is 0 Å². The molecule has 134 valence electrons. The highest BCUT2D eigenvalue weighted by Gasteiger charge is 2.29. The quantitative estimate of drug-likeness (QED) is 0.828. The Bertz CT molecular complexity index is 756. The number of benzene rings is 1. The van der Waals surface area contributed by atoms with Gasteiger partial charge in [-0.15, -0.1) is 5.10 Å². The molecule has 25 heavy (non-hydrogen) atoms. The van der Waals surface area contributed by atoms with Gasteiger partial charge in [0.1, 0.15) is 0 Å². The van der Waals surface area contributed by atoms with Crippen LogP contribution in [-0.4, -0.2) is 66.0 Å².